The van der Waals surface area contributed by atoms with Crippen LogP contribution in [0.25, 0.3) is 5.57 Å². The van der Waals surface area contributed by atoms with Crippen molar-refractivity contribution >= 4 is 21.4 Å². The Hall–Kier alpha value is -2.95. The van der Waals surface area contributed by atoms with E-state index in [1.807, 2.05) is 0 Å². The Morgan fingerprint density at radius 2 is 1.70 bits per heavy atom. The second-order valence-electron chi connectivity index (χ2n) is 6.45. The number of hydrogen-bond donors (Lipinski definition) is 0. The van der Waals surface area contributed by atoms with E-state index in [9.17, 15) is 35.2 Å². The number of carbonyl (C=O) groups is 1. The number of ether oxygens (including phenoxy) is 2. The van der Waals surface area contributed by atoms with Crippen LogP contribution in [-0.2, 0) is 25.5 Å². The van der Waals surface area contributed by atoms with Crippen molar-refractivity contribution in [2.45, 2.75) is 24.1 Å². The zero-order valence-corrected chi connectivity index (χ0v) is 16.2. The van der Waals surface area contributed by atoms with Crippen molar-refractivity contribution in [3.8, 4) is 5.75 Å². The molecule has 0 amide bonds. The number of alkyl halides is 3. The van der Waals surface area contributed by atoms with Crippen LogP contribution >= 0.6 is 0 Å². The summed E-state index contributed by atoms with van der Waals surface area (Å²) in [7, 11) is -4.19. The van der Waals surface area contributed by atoms with Crippen LogP contribution in [0, 0.1) is 11.6 Å². The standard InChI is InChI=1S/C19H13F5O5S/c1-9-16(10-3-6-15(30(2,26)27)12(7-10)19(22,23)24)17(18(25)28-9)29-11-4-5-13(20)14(21)8-11/h3-9H,1-2H3. The van der Waals surface area contributed by atoms with E-state index < -0.39 is 55.9 Å². The molecular weight excluding hydrogens is 435 g/mol. The summed E-state index contributed by atoms with van der Waals surface area (Å²) in [5.74, 6) is -4.25. The van der Waals surface area contributed by atoms with E-state index in [4.69, 9.17) is 9.47 Å². The lowest BCUT2D eigenvalue weighted by Gasteiger charge is -2.15. The van der Waals surface area contributed by atoms with Gasteiger partial charge in [-0.25, -0.2) is 22.0 Å². The predicted molar refractivity (Wildman–Crippen MR) is 94.0 cm³/mol. The Morgan fingerprint density at radius 3 is 2.27 bits per heavy atom. The molecule has 1 unspecified atom stereocenters. The van der Waals surface area contributed by atoms with E-state index in [1.54, 1.807) is 0 Å². The summed E-state index contributed by atoms with van der Waals surface area (Å²) in [4.78, 5) is 11.2. The van der Waals surface area contributed by atoms with Crippen molar-refractivity contribution in [3.63, 3.8) is 0 Å². The molecule has 0 bridgehead atoms. The van der Waals surface area contributed by atoms with Crippen LogP contribution in [0.15, 0.2) is 47.1 Å². The highest BCUT2D eigenvalue weighted by molar-refractivity contribution is 7.90. The molecule has 1 heterocycles. The molecule has 5 nitrogen and oxygen atoms in total. The highest BCUT2D eigenvalue weighted by Crippen LogP contribution is 2.39. The van der Waals surface area contributed by atoms with Gasteiger partial charge in [-0.3, -0.25) is 0 Å². The second-order valence-corrected chi connectivity index (χ2v) is 8.43. The minimum Gasteiger partial charge on any atom is -0.452 e. The van der Waals surface area contributed by atoms with Crippen LogP contribution in [0.4, 0.5) is 22.0 Å². The molecular formula is C19H13F5O5S. The summed E-state index contributed by atoms with van der Waals surface area (Å²) in [6.45, 7) is 1.37. The van der Waals surface area contributed by atoms with E-state index in [0.29, 0.717) is 18.4 Å². The summed E-state index contributed by atoms with van der Waals surface area (Å²) in [5, 5.41) is 0. The smallest absolute Gasteiger partial charge is 0.417 e. The first-order chi connectivity index (χ1) is 13.8. The van der Waals surface area contributed by atoms with Gasteiger partial charge in [-0.15, -0.1) is 0 Å². The third-order valence-electron chi connectivity index (χ3n) is 4.23. The van der Waals surface area contributed by atoms with Crippen LogP contribution in [0.1, 0.15) is 18.1 Å². The molecule has 0 spiro atoms. The molecule has 3 rings (SSSR count). The average molecular weight is 448 g/mol. The van der Waals surface area contributed by atoms with Crippen LogP contribution < -0.4 is 4.74 Å². The molecule has 1 aliphatic rings. The molecule has 11 heteroatoms. The van der Waals surface area contributed by atoms with E-state index >= 15 is 0 Å². The van der Waals surface area contributed by atoms with Crippen LogP contribution in [0.2, 0.25) is 0 Å². The number of carbonyl (C=O) groups excluding carboxylic acids is 1. The lowest BCUT2D eigenvalue weighted by Crippen LogP contribution is -2.14. The Morgan fingerprint density at radius 1 is 1.03 bits per heavy atom. The fourth-order valence-electron chi connectivity index (χ4n) is 2.93. The monoisotopic (exact) mass is 448 g/mol. The van der Waals surface area contributed by atoms with Crippen molar-refractivity contribution in [2.75, 3.05) is 6.26 Å². The van der Waals surface area contributed by atoms with Gasteiger partial charge in [-0.1, -0.05) is 6.07 Å². The first-order valence-electron chi connectivity index (χ1n) is 8.28. The van der Waals surface area contributed by atoms with Gasteiger partial charge in [0.1, 0.15) is 11.9 Å². The summed E-state index contributed by atoms with van der Waals surface area (Å²) < 4.78 is 101. The van der Waals surface area contributed by atoms with Gasteiger partial charge in [-0.2, -0.15) is 13.2 Å². The van der Waals surface area contributed by atoms with E-state index in [2.05, 4.69) is 0 Å². The number of hydrogen-bond acceptors (Lipinski definition) is 5. The topological polar surface area (TPSA) is 69.7 Å². The zero-order chi connectivity index (χ0) is 22.4. The van der Waals surface area contributed by atoms with Gasteiger partial charge in [0.25, 0.3) is 0 Å². The quantitative estimate of drug-likeness (QED) is 0.520. The summed E-state index contributed by atoms with van der Waals surface area (Å²) in [5.41, 5.74) is -1.70. The first kappa shape index (κ1) is 21.8. The number of esters is 1. The zero-order valence-electron chi connectivity index (χ0n) is 15.4. The van der Waals surface area contributed by atoms with Gasteiger partial charge in [0.05, 0.1) is 10.5 Å². The first-order valence-corrected chi connectivity index (χ1v) is 10.2. The maximum absolute atomic E-state index is 13.5. The largest absolute Gasteiger partial charge is 0.452 e. The van der Waals surface area contributed by atoms with Gasteiger partial charge < -0.3 is 9.47 Å². The fourth-order valence-corrected chi connectivity index (χ4v) is 3.82. The minimum atomic E-state index is -5.00. The lowest BCUT2D eigenvalue weighted by molar-refractivity contribution is -0.141. The van der Waals surface area contributed by atoms with Crippen molar-refractivity contribution in [1.29, 1.82) is 0 Å². The lowest BCUT2D eigenvalue weighted by atomic mass is 9.99. The van der Waals surface area contributed by atoms with Crippen LogP contribution in [0.3, 0.4) is 0 Å². The molecule has 0 saturated heterocycles. The molecule has 0 radical (unpaired) electrons. The number of halogens is 5. The minimum absolute atomic E-state index is 0.102. The maximum Gasteiger partial charge on any atom is 0.417 e. The second kappa shape index (κ2) is 7.38. The van der Waals surface area contributed by atoms with Crippen molar-refractivity contribution in [1.82, 2.24) is 0 Å². The van der Waals surface area contributed by atoms with Gasteiger partial charge >= 0.3 is 12.1 Å². The average Bonchev–Trinajstić information content (AvgIpc) is 2.89. The molecule has 1 aliphatic heterocycles. The van der Waals surface area contributed by atoms with Gasteiger partial charge in [0.15, 0.2) is 21.5 Å². The molecule has 30 heavy (non-hydrogen) atoms. The fraction of sp³-hybridized carbons (Fsp3) is 0.211. The molecule has 0 saturated carbocycles. The van der Waals surface area contributed by atoms with Crippen LogP contribution in [-0.4, -0.2) is 26.7 Å². The molecule has 160 valence electrons. The Labute approximate surface area is 167 Å². The third kappa shape index (κ3) is 4.16. The Kier molecular flexibility index (Phi) is 5.35. The highest BCUT2D eigenvalue weighted by Gasteiger charge is 2.39. The number of rotatable bonds is 4. The molecule has 0 fully saturated rings. The van der Waals surface area contributed by atoms with Crippen molar-refractivity contribution in [3.05, 3.63) is 64.9 Å². The predicted octanol–water partition coefficient (Wildman–Crippen LogP) is 4.12. The molecule has 0 aliphatic carbocycles. The van der Waals surface area contributed by atoms with Crippen molar-refractivity contribution < 1.29 is 44.6 Å². The third-order valence-corrected chi connectivity index (χ3v) is 5.38. The summed E-state index contributed by atoms with van der Waals surface area (Å²) >= 11 is 0. The molecule has 0 aromatic heterocycles. The molecule has 2 aromatic carbocycles. The van der Waals surface area contributed by atoms with Crippen molar-refractivity contribution in [2.24, 2.45) is 0 Å². The number of benzene rings is 2. The maximum atomic E-state index is 13.5. The number of sulfone groups is 1. The molecule has 2 aromatic rings. The number of cyclic esters (lactones) is 1. The molecule has 0 N–H and O–H groups in total. The van der Waals surface area contributed by atoms with E-state index in [1.165, 1.54) is 6.92 Å². The summed E-state index contributed by atoms with van der Waals surface area (Å²) in [6.07, 6.45) is -5.40. The summed E-state index contributed by atoms with van der Waals surface area (Å²) in [6, 6.07) is 4.84. The van der Waals surface area contributed by atoms with Gasteiger partial charge in [0.2, 0.25) is 5.76 Å². The van der Waals surface area contributed by atoms with Gasteiger partial charge in [0, 0.05) is 17.9 Å². The highest BCUT2D eigenvalue weighted by atomic mass is 32.2. The Balaban J connectivity index is 2.17. The van der Waals surface area contributed by atoms with Gasteiger partial charge in [-0.05, 0) is 36.8 Å². The van der Waals surface area contributed by atoms with E-state index in [-0.39, 0.29) is 16.9 Å². The normalized spacial score (nSPS) is 17.3. The Bertz CT molecular complexity index is 1170. The SMILES string of the molecule is CC1OC(=O)C(Oc2ccc(F)c(F)c2)=C1c1ccc(S(C)(=O)=O)c(C(F)(F)F)c1. The molecule has 1 atom stereocenters. The van der Waals surface area contributed by atoms with Crippen LogP contribution in [0.5, 0.6) is 5.75 Å². The van der Waals surface area contributed by atoms with E-state index in [0.717, 1.165) is 24.3 Å².